The first-order valence-electron chi connectivity index (χ1n) is 6.96. The van der Waals surface area contributed by atoms with E-state index in [1.807, 2.05) is 13.8 Å². The van der Waals surface area contributed by atoms with Gasteiger partial charge in [-0.25, -0.2) is 0 Å². The summed E-state index contributed by atoms with van der Waals surface area (Å²) in [6.07, 6.45) is 0.910. The molecule has 1 N–H and O–H groups in total. The van der Waals surface area contributed by atoms with Crippen molar-refractivity contribution in [2.75, 3.05) is 18.4 Å². The molecular formula is C15H18Cl2N2O2. The number of carbonyl (C=O) groups is 2. The van der Waals surface area contributed by atoms with Crippen molar-refractivity contribution in [3.63, 3.8) is 0 Å². The largest absolute Gasteiger partial charge is 0.333 e. The van der Waals surface area contributed by atoms with Crippen molar-refractivity contribution in [2.24, 2.45) is 11.8 Å². The second kappa shape index (κ2) is 6.67. The third-order valence-corrected chi connectivity index (χ3v) is 4.31. The second-order valence-corrected chi connectivity index (χ2v) is 6.13. The van der Waals surface area contributed by atoms with Gasteiger partial charge >= 0.3 is 0 Å². The van der Waals surface area contributed by atoms with Crippen LogP contribution in [0.3, 0.4) is 0 Å². The lowest BCUT2D eigenvalue weighted by atomic mass is 10.2. The lowest BCUT2D eigenvalue weighted by molar-refractivity contribution is -0.135. The Labute approximate surface area is 134 Å². The Morgan fingerprint density at radius 1 is 1.33 bits per heavy atom. The summed E-state index contributed by atoms with van der Waals surface area (Å²) in [4.78, 5) is 25.8. The summed E-state index contributed by atoms with van der Waals surface area (Å²) in [6, 6.07) is 5.01. The second-order valence-electron chi connectivity index (χ2n) is 5.32. The van der Waals surface area contributed by atoms with Crippen molar-refractivity contribution in [1.82, 2.24) is 4.90 Å². The first-order chi connectivity index (χ1) is 9.93. The van der Waals surface area contributed by atoms with E-state index < -0.39 is 0 Å². The highest BCUT2D eigenvalue weighted by atomic mass is 35.5. The highest BCUT2D eigenvalue weighted by Crippen LogP contribution is 2.39. The molecule has 0 aliphatic heterocycles. The number of hydrogen-bond donors (Lipinski definition) is 1. The molecule has 1 aromatic rings. The molecule has 0 bridgehead atoms. The fraction of sp³-hybridized carbons (Fsp3) is 0.467. The third kappa shape index (κ3) is 3.89. The van der Waals surface area contributed by atoms with Gasteiger partial charge in [-0.15, -0.1) is 0 Å². The third-order valence-electron chi connectivity index (χ3n) is 3.68. The molecule has 1 aromatic carbocycles. The first kappa shape index (κ1) is 16.1. The van der Waals surface area contributed by atoms with Crippen molar-refractivity contribution < 1.29 is 9.59 Å². The Morgan fingerprint density at radius 2 is 1.90 bits per heavy atom. The zero-order valence-corrected chi connectivity index (χ0v) is 13.5. The van der Waals surface area contributed by atoms with E-state index in [2.05, 4.69) is 5.32 Å². The maximum Gasteiger partial charge on any atom is 0.244 e. The number of amides is 2. The average Bonchev–Trinajstić information content (AvgIpc) is 3.17. The molecule has 1 saturated carbocycles. The highest BCUT2D eigenvalue weighted by molar-refractivity contribution is 6.39. The SMILES string of the molecule is CCN(CC(=O)Nc1c(Cl)cccc1Cl)C(=O)[C@@H]1C[C@H]1C. The summed E-state index contributed by atoms with van der Waals surface area (Å²) >= 11 is 12.0. The van der Waals surface area contributed by atoms with Gasteiger partial charge in [0.1, 0.15) is 0 Å². The van der Waals surface area contributed by atoms with Crippen LogP contribution in [-0.4, -0.2) is 29.8 Å². The van der Waals surface area contributed by atoms with Crippen molar-refractivity contribution >= 4 is 40.7 Å². The van der Waals surface area contributed by atoms with Crippen molar-refractivity contribution in [3.8, 4) is 0 Å². The van der Waals surface area contributed by atoms with Crippen LogP contribution in [0.5, 0.6) is 0 Å². The van der Waals surface area contributed by atoms with Crippen LogP contribution in [0.1, 0.15) is 20.3 Å². The molecule has 2 rings (SSSR count). The molecule has 0 unspecified atom stereocenters. The summed E-state index contributed by atoms with van der Waals surface area (Å²) in [6.45, 7) is 4.42. The zero-order valence-electron chi connectivity index (χ0n) is 12.0. The number of para-hydroxylation sites is 1. The Morgan fingerprint density at radius 3 is 2.38 bits per heavy atom. The molecular weight excluding hydrogens is 311 g/mol. The smallest absolute Gasteiger partial charge is 0.244 e. The molecule has 4 nitrogen and oxygen atoms in total. The van der Waals surface area contributed by atoms with E-state index in [-0.39, 0.29) is 24.3 Å². The van der Waals surface area contributed by atoms with Crippen LogP contribution in [0, 0.1) is 11.8 Å². The maximum absolute atomic E-state index is 12.2. The lowest BCUT2D eigenvalue weighted by Crippen LogP contribution is -2.39. The molecule has 21 heavy (non-hydrogen) atoms. The zero-order chi connectivity index (χ0) is 15.6. The summed E-state index contributed by atoms with van der Waals surface area (Å²) < 4.78 is 0. The number of halogens is 2. The normalized spacial score (nSPS) is 20.0. The lowest BCUT2D eigenvalue weighted by Gasteiger charge is -2.20. The molecule has 0 saturated heterocycles. The van der Waals surface area contributed by atoms with E-state index in [0.29, 0.717) is 28.2 Å². The van der Waals surface area contributed by atoms with Gasteiger partial charge in [0.25, 0.3) is 0 Å². The van der Waals surface area contributed by atoms with Gasteiger partial charge in [-0.05, 0) is 31.4 Å². The predicted molar refractivity (Wildman–Crippen MR) is 84.6 cm³/mol. The number of rotatable bonds is 5. The monoisotopic (exact) mass is 328 g/mol. The topological polar surface area (TPSA) is 49.4 Å². The molecule has 0 spiro atoms. The minimum atomic E-state index is -0.298. The summed E-state index contributed by atoms with van der Waals surface area (Å²) in [5, 5.41) is 3.42. The van der Waals surface area contributed by atoms with Crippen molar-refractivity contribution in [3.05, 3.63) is 28.2 Å². The molecule has 0 radical (unpaired) electrons. The quantitative estimate of drug-likeness (QED) is 0.900. The van der Waals surface area contributed by atoms with E-state index in [1.165, 1.54) is 0 Å². The van der Waals surface area contributed by atoms with Gasteiger partial charge in [-0.2, -0.15) is 0 Å². The van der Waals surface area contributed by atoms with Gasteiger partial charge in [0.05, 0.1) is 22.3 Å². The predicted octanol–water partition coefficient (Wildman–Crippen LogP) is 3.44. The molecule has 0 aromatic heterocycles. The molecule has 114 valence electrons. The van der Waals surface area contributed by atoms with E-state index in [4.69, 9.17) is 23.2 Å². The van der Waals surface area contributed by atoms with Gasteiger partial charge in [0.15, 0.2) is 0 Å². The Kier molecular flexibility index (Phi) is 5.12. The summed E-state index contributed by atoms with van der Waals surface area (Å²) in [5.74, 6) is 0.244. The van der Waals surface area contributed by atoms with Crippen LogP contribution >= 0.6 is 23.2 Å². The first-order valence-corrected chi connectivity index (χ1v) is 7.72. The van der Waals surface area contributed by atoms with Gasteiger partial charge in [0, 0.05) is 12.5 Å². The van der Waals surface area contributed by atoms with Crippen LogP contribution in [0.4, 0.5) is 5.69 Å². The van der Waals surface area contributed by atoms with E-state index in [1.54, 1.807) is 23.1 Å². The van der Waals surface area contributed by atoms with E-state index in [9.17, 15) is 9.59 Å². The van der Waals surface area contributed by atoms with Crippen molar-refractivity contribution in [2.45, 2.75) is 20.3 Å². The van der Waals surface area contributed by atoms with Crippen LogP contribution in [0.15, 0.2) is 18.2 Å². The standard InChI is InChI=1S/C15H18Cl2N2O2/c1-3-19(15(21)10-7-9(10)2)8-13(20)18-14-11(16)5-4-6-12(14)17/h4-6,9-10H,3,7-8H2,1-2H3,(H,18,20)/t9-,10-/m1/s1. The van der Waals surface area contributed by atoms with E-state index in [0.717, 1.165) is 6.42 Å². The number of anilines is 1. The van der Waals surface area contributed by atoms with Crippen LogP contribution in [0.25, 0.3) is 0 Å². The molecule has 1 fully saturated rings. The average molecular weight is 329 g/mol. The number of nitrogens with one attached hydrogen (secondary N) is 1. The number of likely N-dealkylation sites (N-methyl/N-ethyl adjacent to an activating group) is 1. The Bertz CT molecular complexity index is 542. The number of hydrogen-bond acceptors (Lipinski definition) is 2. The van der Waals surface area contributed by atoms with Gasteiger partial charge in [0.2, 0.25) is 11.8 Å². The fourth-order valence-electron chi connectivity index (χ4n) is 2.22. The minimum absolute atomic E-state index is 0.0140. The van der Waals surface area contributed by atoms with Crippen LogP contribution in [0.2, 0.25) is 10.0 Å². The van der Waals surface area contributed by atoms with E-state index >= 15 is 0 Å². The molecule has 6 heteroatoms. The molecule has 1 aliphatic rings. The van der Waals surface area contributed by atoms with Crippen LogP contribution in [-0.2, 0) is 9.59 Å². The molecule has 0 heterocycles. The van der Waals surface area contributed by atoms with Crippen molar-refractivity contribution in [1.29, 1.82) is 0 Å². The van der Waals surface area contributed by atoms with Gasteiger partial charge < -0.3 is 10.2 Å². The van der Waals surface area contributed by atoms with Gasteiger partial charge in [-0.1, -0.05) is 36.2 Å². The Hall–Kier alpha value is -1.26. The van der Waals surface area contributed by atoms with Gasteiger partial charge in [-0.3, -0.25) is 9.59 Å². The number of carbonyl (C=O) groups excluding carboxylic acids is 2. The maximum atomic E-state index is 12.2. The highest BCUT2D eigenvalue weighted by Gasteiger charge is 2.41. The van der Waals surface area contributed by atoms with Crippen LogP contribution < -0.4 is 5.32 Å². The summed E-state index contributed by atoms with van der Waals surface area (Å²) in [7, 11) is 0. The molecule has 2 atom stereocenters. The molecule has 1 aliphatic carbocycles. The number of benzene rings is 1. The number of nitrogens with zero attached hydrogens (tertiary/aromatic N) is 1. The Balaban J connectivity index is 1.98. The summed E-state index contributed by atoms with van der Waals surface area (Å²) in [5.41, 5.74) is 0.383. The molecule has 2 amide bonds. The minimum Gasteiger partial charge on any atom is -0.333 e. The fourth-order valence-corrected chi connectivity index (χ4v) is 2.71.